The molecule has 0 spiro atoms. The highest BCUT2D eigenvalue weighted by molar-refractivity contribution is 7.92. The van der Waals surface area contributed by atoms with Crippen LogP contribution in [0.3, 0.4) is 0 Å². The number of carbonyl (C=O) groups is 1. The van der Waals surface area contributed by atoms with Crippen molar-refractivity contribution < 1.29 is 13.2 Å². The van der Waals surface area contributed by atoms with Crippen molar-refractivity contribution in [3.63, 3.8) is 0 Å². The Balaban J connectivity index is 1.66. The van der Waals surface area contributed by atoms with Gasteiger partial charge in [-0.2, -0.15) is 0 Å². The Morgan fingerprint density at radius 3 is 2.12 bits per heavy atom. The van der Waals surface area contributed by atoms with Gasteiger partial charge >= 0.3 is 0 Å². The maximum absolute atomic E-state index is 13.9. The summed E-state index contributed by atoms with van der Waals surface area (Å²) >= 11 is 0. The van der Waals surface area contributed by atoms with Crippen LogP contribution >= 0.6 is 0 Å². The van der Waals surface area contributed by atoms with E-state index in [2.05, 4.69) is 0 Å². The lowest BCUT2D eigenvalue weighted by atomic mass is 9.91. The van der Waals surface area contributed by atoms with E-state index in [0.717, 1.165) is 24.1 Å². The van der Waals surface area contributed by atoms with Gasteiger partial charge in [0, 0.05) is 17.6 Å². The van der Waals surface area contributed by atoms with Crippen LogP contribution in [0.2, 0.25) is 0 Å². The molecule has 2 aliphatic rings. The molecule has 2 atom stereocenters. The van der Waals surface area contributed by atoms with Crippen molar-refractivity contribution in [2.24, 2.45) is 5.92 Å². The standard InChI is InChI=1S/C26H26N2O3S/c1-19-18-25(23-14-8-9-15-24(23)27(19)26(29)20-16-17-20)28(21-10-4-2-5-11-21)32(30,31)22-12-6-3-7-13-22/h2-15,19-20,25H,16-18H2,1H3/t19-,25+/m0/s1. The number of hydrogen-bond acceptors (Lipinski definition) is 3. The molecule has 0 bridgehead atoms. The number of rotatable bonds is 5. The first-order chi connectivity index (χ1) is 15.5. The molecule has 1 fully saturated rings. The quantitative estimate of drug-likeness (QED) is 0.544. The summed E-state index contributed by atoms with van der Waals surface area (Å²) in [4.78, 5) is 15.2. The summed E-state index contributed by atoms with van der Waals surface area (Å²) in [6.07, 6.45) is 2.40. The molecule has 6 heteroatoms. The minimum absolute atomic E-state index is 0.0975. The lowest BCUT2D eigenvalue weighted by Gasteiger charge is -2.43. The van der Waals surface area contributed by atoms with E-state index >= 15 is 0 Å². The van der Waals surface area contributed by atoms with Crippen molar-refractivity contribution in [1.29, 1.82) is 0 Å². The fourth-order valence-corrected chi connectivity index (χ4v) is 6.30. The van der Waals surface area contributed by atoms with Crippen LogP contribution in [0, 0.1) is 5.92 Å². The zero-order valence-electron chi connectivity index (χ0n) is 18.0. The van der Waals surface area contributed by atoms with Crippen molar-refractivity contribution in [1.82, 2.24) is 0 Å². The number of amides is 1. The van der Waals surface area contributed by atoms with Crippen LogP contribution in [0.4, 0.5) is 11.4 Å². The summed E-state index contributed by atoms with van der Waals surface area (Å²) in [7, 11) is -3.83. The number of benzene rings is 3. The molecular weight excluding hydrogens is 420 g/mol. The van der Waals surface area contributed by atoms with E-state index in [9.17, 15) is 13.2 Å². The third-order valence-electron chi connectivity index (χ3n) is 6.32. The second-order valence-corrected chi connectivity index (χ2v) is 10.4. The van der Waals surface area contributed by atoms with Crippen molar-refractivity contribution >= 4 is 27.3 Å². The summed E-state index contributed by atoms with van der Waals surface area (Å²) in [5, 5.41) is 0. The van der Waals surface area contributed by atoms with Gasteiger partial charge in [0.1, 0.15) is 0 Å². The summed E-state index contributed by atoms with van der Waals surface area (Å²) in [5.74, 6) is 0.251. The van der Waals surface area contributed by atoms with E-state index in [1.165, 1.54) is 4.31 Å². The molecule has 164 valence electrons. The van der Waals surface area contributed by atoms with Crippen molar-refractivity contribution in [2.75, 3.05) is 9.21 Å². The molecule has 0 unspecified atom stereocenters. The number of sulfonamides is 1. The lowest BCUT2D eigenvalue weighted by Crippen LogP contribution is -2.48. The third kappa shape index (κ3) is 3.58. The van der Waals surface area contributed by atoms with Gasteiger partial charge in [-0.05, 0) is 62.1 Å². The molecule has 1 amide bonds. The molecule has 5 rings (SSSR count). The van der Waals surface area contributed by atoms with E-state index in [1.807, 2.05) is 72.5 Å². The van der Waals surface area contributed by atoms with Gasteiger partial charge in [-0.1, -0.05) is 54.6 Å². The minimum Gasteiger partial charge on any atom is -0.309 e. The van der Waals surface area contributed by atoms with E-state index in [4.69, 9.17) is 0 Å². The summed E-state index contributed by atoms with van der Waals surface area (Å²) < 4.78 is 29.4. The molecule has 0 aromatic heterocycles. The molecule has 0 N–H and O–H groups in total. The van der Waals surface area contributed by atoms with Crippen LogP contribution in [0.25, 0.3) is 0 Å². The molecule has 1 saturated carbocycles. The average Bonchev–Trinajstić information content (AvgIpc) is 3.66. The van der Waals surface area contributed by atoms with Gasteiger partial charge in [0.05, 0.1) is 16.6 Å². The number of carbonyl (C=O) groups excluding carboxylic acids is 1. The first-order valence-corrected chi connectivity index (χ1v) is 12.5. The monoisotopic (exact) mass is 446 g/mol. The number of anilines is 2. The fraction of sp³-hybridized carbons (Fsp3) is 0.269. The predicted molar refractivity (Wildman–Crippen MR) is 126 cm³/mol. The highest BCUT2D eigenvalue weighted by Gasteiger charge is 2.44. The molecular formula is C26H26N2O3S. The van der Waals surface area contributed by atoms with Crippen molar-refractivity contribution in [3.8, 4) is 0 Å². The van der Waals surface area contributed by atoms with Gasteiger partial charge in [0.25, 0.3) is 10.0 Å². The topological polar surface area (TPSA) is 57.7 Å². The molecule has 1 heterocycles. The molecule has 1 aliphatic carbocycles. The molecule has 0 saturated heterocycles. The zero-order valence-corrected chi connectivity index (χ0v) is 18.8. The van der Waals surface area contributed by atoms with Gasteiger partial charge < -0.3 is 4.90 Å². The molecule has 5 nitrogen and oxygen atoms in total. The van der Waals surface area contributed by atoms with Crippen LogP contribution in [0.5, 0.6) is 0 Å². The predicted octanol–water partition coefficient (Wildman–Crippen LogP) is 5.16. The summed E-state index contributed by atoms with van der Waals surface area (Å²) in [6.45, 7) is 2.02. The molecule has 0 radical (unpaired) electrons. The van der Waals surface area contributed by atoms with Gasteiger partial charge in [0.2, 0.25) is 5.91 Å². The second-order valence-electron chi connectivity index (χ2n) is 8.59. The first-order valence-electron chi connectivity index (χ1n) is 11.0. The van der Waals surface area contributed by atoms with Gasteiger partial charge in [0.15, 0.2) is 0 Å². The SMILES string of the molecule is C[C@H]1C[C@@H](N(c2ccccc2)S(=O)(=O)c2ccccc2)c2ccccc2N1C(=O)C1CC1. The Kier molecular flexibility index (Phi) is 5.25. The van der Waals surface area contributed by atoms with Crippen molar-refractivity contribution in [2.45, 2.75) is 43.2 Å². The minimum atomic E-state index is -3.83. The Morgan fingerprint density at radius 2 is 1.47 bits per heavy atom. The number of hydrogen-bond donors (Lipinski definition) is 0. The van der Waals surface area contributed by atoms with Crippen LogP contribution in [-0.4, -0.2) is 20.4 Å². The Morgan fingerprint density at radius 1 is 0.875 bits per heavy atom. The number of fused-ring (bicyclic) bond motifs is 1. The Hall–Kier alpha value is -3.12. The maximum Gasteiger partial charge on any atom is 0.264 e. The molecule has 3 aromatic carbocycles. The zero-order chi connectivity index (χ0) is 22.3. The second kappa shape index (κ2) is 8.10. The van der Waals surface area contributed by atoms with Crippen molar-refractivity contribution in [3.05, 3.63) is 90.5 Å². The van der Waals surface area contributed by atoms with E-state index in [1.54, 1.807) is 24.3 Å². The van der Waals surface area contributed by atoms with Gasteiger partial charge in [-0.15, -0.1) is 0 Å². The van der Waals surface area contributed by atoms with E-state index in [-0.39, 0.29) is 22.8 Å². The fourth-order valence-electron chi connectivity index (χ4n) is 4.63. The largest absolute Gasteiger partial charge is 0.309 e. The maximum atomic E-state index is 13.9. The molecule has 1 aliphatic heterocycles. The summed E-state index contributed by atoms with van der Waals surface area (Å²) in [5.41, 5.74) is 2.30. The smallest absolute Gasteiger partial charge is 0.264 e. The molecule has 3 aromatic rings. The van der Waals surface area contributed by atoms with Crippen LogP contribution in [-0.2, 0) is 14.8 Å². The average molecular weight is 447 g/mol. The number of nitrogens with zero attached hydrogens (tertiary/aromatic N) is 2. The third-order valence-corrected chi connectivity index (χ3v) is 8.17. The van der Waals surface area contributed by atoms with E-state index in [0.29, 0.717) is 12.1 Å². The highest BCUT2D eigenvalue weighted by atomic mass is 32.2. The summed E-state index contributed by atoms with van der Waals surface area (Å²) in [6, 6.07) is 25.0. The van der Waals surface area contributed by atoms with Gasteiger partial charge in [-0.3, -0.25) is 9.10 Å². The number of para-hydroxylation sites is 2. The van der Waals surface area contributed by atoms with Crippen LogP contribution < -0.4 is 9.21 Å². The van der Waals surface area contributed by atoms with Gasteiger partial charge in [-0.25, -0.2) is 8.42 Å². The first kappa shape index (κ1) is 20.8. The van der Waals surface area contributed by atoms with Crippen LogP contribution in [0.1, 0.15) is 37.8 Å². The molecule has 32 heavy (non-hydrogen) atoms. The van der Waals surface area contributed by atoms with Crippen LogP contribution in [0.15, 0.2) is 89.8 Å². The Bertz CT molecular complexity index is 1220. The normalized spacial score (nSPS) is 20.5. The van der Waals surface area contributed by atoms with E-state index < -0.39 is 16.1 Å². The highest BCUT2D eigenvalue weighted by Crippen LogP contribution is 2.46. The Labute approximate surface area is 189 Å². The lowest BCUT2D eigenvalue weighted by molar-refractivity contribution is -0.120.